The summed E-state index contributed by atoms with van der Waals surface area (Å²) < 4.78 is 6.70. The lowest BCUT2D eigenvalue weighted by Crippen LogP contribution is -2.29. The summed E-state index contributed by atoms with van der Waals surface area (Å²) in [7, 11) is 0. The highest BCUT2D eigenvalue weighted by molar-refractivity contribution is 5.90. The zero-order valence-corrected chi connectivity index (χ0v) is 11.3. The molecule has 0 spiro atoms. The summed E-state index contributed by atoms with van der Waals surface area (Å²) in [5.74, 6) is -0.178. The number of hydrogen-bond acceptors (Lipinski definition) is 5. The molecule has 0 saturated carbocycles. The number of aromatic nitrogens is 2. The molecule has 1 aromatic heterocycles. The van der Waals surface area contributed by atoms with Crippen molar-refractivity contribution in [3.8, 4) is 0 Å². The predicted octanol–water partition coefficient (Wildman–Crippen LogP) is 0.284. The highest BCUT2D eigenvalue weighted by Gasteiger charge is 2.21. The quantitative estimate of drug-likeness (QED) is 0.772. The van der Waals surface area contributed by atoms with E-state index in [-0.39, 0.29) is 24.2 Å². The molecule has 2 rings (SSSR count). The van der Waals surface area contributed by atoms with Gasteiger partial charge in [-0.2, -0.15) is 4.98 Å². The van der Waals surface area contributed by atoms with Crippen LogP contribution in [0.5, 0.6) is 0 Å². The normalized spacial score (nSPS) is 21.4. The number of rotatable bonds is 4. The highest BCUT2D eigenvalue weighted by atomic mass is 16.5. The number of anilines is 1. The number of aliphatic hydroxyl groups excluding tert-OH is 1. The average Bonchev–Trinajstić information content (AvgIpc) is 2.87. The van der Waals surface area contributed by atoms with Gasteiger partial charge in [0.05, 0.1) is 6.61 Å². The van der Waals surface area contributed by atoms with Crippen LogP contribution in [0.15, 0.2) is 29.2 Å². The summed E-state index contributed by atoms with van der Waals surface area (Å²) in [5, 5.41) is 11.5. The topological polar surface area (TPSA) is 93.5 Å². The Morgan fingerprint density at radius 2 is 2.30 bits per heavy atom. The maximum atomic E-state index is 11.9. The van der Waals surface area contributed by atoms with E-state index in [4.69, 9.17) is 9.84 Å². The molecular formula is C13H17N3O4. The number of amides is 1. The molecule has 0 saturated heterocycles. The van der Waals surface area contributed by atoms with Crippen LogP contribution in [0.25, 0.3) is 0 Å². The molecular weight excluding hydrogens is 262 g/mol. The third-order valence-corrected chi connectivity index (χ3v) is 2.86. The van der Waals surface area contributed by atoms with E-state index in [2.05, 4.69) is 10.3 Å². The van der Waals surface area contributed by atoms with Gasteiger partial charge in [0.2, 0.25) is 5.91 Å². The summed E-state index contributed by atoms with van der Waals surface area (Å²) in [6.45, 7) is 3.36. The highest BCUT2D eigenvalue weighted by Crippen LogP contribution is 2.19. The van der Waals surface area contributed by atoms with Crippen LogP contribution in [0.3, 0.4) is 0 Å². The maximum Gasteiger partial charge on any atom is 0.351 e. The number of carbonyl (C=O) groups is 1. The molecule has 0 fully saturated rings. The minimum Gasteiger partial charge on any atom is -0.393 e. The minimum atomic E-state index is -0.581. The summed E-state index contributed by atoms with van der Waals surface area (Å²) in [6.07, 6.45) is 3.87. The SMILES string of the molecule is CC(C)C(=O)Nc1ccn([C@H]2C=C[C@@H](CO)O2)c(=O)n1. The number of ether oxygens (including phenoxy) is 1. The zero-order chi connectivity index (χ0) is 14.7. The van der Waals surface area contributed by atoms with Gasteiger partial charge in [0, 0.05) is 12.1 Å². The van der Waals surface area contributed by atoms with Crippen molar-refractivity contribution < 1.29 is 14.6 Å². The van der Waals surface area contributed by atoms with Crippen LogP contribution in [0, 0.1) is 5.92 Å². The Kier molecular flexibility index (Phi) is 4.31. The fraction of sp³-hybridized carbons (Fsp3) is 0.462. The molecule has 108 valence electrons. The monoisotopic (exact) mass is 279 g/mol. The number of aliphatic hydroxyl groups is 1. The predicted molar refractivity (Wildman–Crippen MR) is 72.1 cm³/mol. The fourth-order valence-electron chi connectivity index (χ4n) is 1.70. The molecule has 7 heteroatoms. The zero-order valence-electron chi connectivity index (χ0n) is 11.3. The van der Waals surface area contributed by atoms with Crippen LogP contribution in [0.2, 0.25) is 0 Å². The first-order valence-corrected chi connectivity index (χ1v) is 6.36. The second-order valence-corrected chi connectivity index (χ2v) is 4.78. The first-order chi connectivity index (χ1) is 9.51. The van der Waals surface area contributed by atoms with Crippen LogP contribution in [0.4, 0.5) is 5.82 Å². The van der Waals surface area contributed by atoms with Crippen molar-refractivity contribution in [2.45, 2.75) is 26.2 Å². The van der Waals surface area contributed by atoms with Gasteiger partial charge in [-0.1, -0.05) is 19.9 Å². The smallest absolute Gasteiger partial charge is 0.351 e. The third-order valence-electron chi connectivity index (χ3n) is 2.86. The van der Waals surface area contributed by atoms with E-state index in [0.29, 0.717) is 0 Å². The van der Waals surface area contributed by atoms with Crippen molar-refractivity contribution in [2.24, 2.45) is 5.92 Å². The summed E-state index contributed by atoms with van der Waals surface area (Å²) in [6, 6.07) is 1.53. The summed E-state index contributed by atoms with van der Waals surface area (Å²) >= 11 is 0. The lowest BCUT2D eigenvalue weighted by Gasteiger charge is -2.15. The molecule has 2 N–H and O–H groups in total. The van der Waals surface area contributed by atoms with Crippen LogP contribution in [-0.2, 0) is 9.53 Å². The molecule has 0 radical (unpaired) electrons. The Labute approximate surface area is 115 Å². The van der Waals surface area contributed by atoms with Crippen LogP contribution in [-0.4, -0.2) is 33.3 Å². The number of carbonyl (C=O) groups excluding carboxylic acids is 1. The molecule has 2 heterocycles. The van der Waals surface area contributed by atoms with Gasteiger partial charge < -0.3 is 15.2 Å². The lowest BCUT2D eigenvalue weighted by molar-refractivity contribution is -0.118. The van der Waals surface area contributed by atoms with E-state index in [9.17, 15) is 9.59 Å². The van der Waals surface area contributed by atoms with Crippen molar-refractivity contribution in [3.63, 3.8) is 0 Å². The largest absolute Gasteiger partial charge is 0.393 e. The van der Waals surface area contributed by atoms with Gasteiger partial charge in [-0.15, -0.1) is 0 Å². The van der Waals surface area contributed by atoms with E-state index in [1.165, 1.54) is 16.8 Å². The van der Waals surface area contributed by atoms with Crippen molar-refractivity contribution in [3.05, 3.63) is 34.9 Å². The van der Waals surface area contributed by atoms with Gasteiger partial charge in [-0.3, -0.25) is 9.36 Å². The Balaban J connectivity index is 2.13. The van der Waals surface area contributed by atoms with Gasteiger partial charge in [0.25, 0.3) is 0 Å². The molecule has 0 aliphatic carbocycles. The second kappa shape index (κ2) is 5.98. The van der Waals surface area contributed by atoms with Crippen LogP contribution in [0.1, 0.15) is 20.1 Å². The fourth-order valence-corrected chi connectivity index (χ4v) is 1.70. The Bertz CT molecular complexity index is 579. The van der Waals surface area contributed by atoms with E-state index >= 15 is 0 Å². The molecule has 0 bridgehead atoms. The molecule has 1 aromatic rings. The van der Waals surface area contributed by atoms with Gasteiger partial charge in [-0.05, 0) is 12.1 Å². The number of nitrogens with one attached hydrogen (secondary N) is 1. The second-order valence-electron chi connectivity index (χ2n) is 4.78. The van der Waals surface area contributed by atoms with Gasteiger partial charge >= 0.3 is 5.69 Å². The molecule has 0 aromatic carbocycles. The molecule has 0 unspecified atom stereocenters. The first-order valence-electron chi connectivity index (χ1n) is 6.36. The van der Waals surface area contributed by atoms with Crippen molar-refractivity contribution in [1.29, 1.82) is 0 Å². The summed E-state index contributed by atoms with van der Waals surface area (Å²) in [4.78, 5) is 27.2. The number of nitrogens with zero attached hydrogens (tertiary/aromatic N) is 2. The Hall–Kier alpha value is -1.99. The maximum absolute atomic E-state index is 11.9. The molecule has 20 heavy (non-hydrogen) atoms. The van der Waals surface area contributed by atoms with E-state index in [1.807, 2.05) is 0 Å². The molecule has 1 aliphatic heterocycles. The Morgan fingerprint density at radius 3 is 2.85 bits per heavy atom. The Morgan fingerprint density at radius 1 is 1.55 bits per heavy atom. The lowest BCUT2D eigenvalue weighted by atomic mass is 10.2. The van der Waals surface area contributed by atoms with Crippen molar-refractivity contribution >= 4 is 11.7 Å². The summed E-state index contributed by atoms with van der Waals surface area (Å²) in [5.41, 5.74) is -0.528. The standard InChI is InChI=1S/C13H17N3O4/c1-8(2)12(18)14-10-5-6-16(13(19)15-10)11-4-3-9(7-17)20-11/h3-6,8-9,11,17H,7H2,1-2H3,(H,14,15,18,19)/t9-,11+/m0/s1. The van der Waals surface area contributed by atoms with Gasteiger partial charge in [0.1, 0.15) is 11.9 Å². The third kappa shape index (κ3) is 3.12. The van der Waals surface area contributed by atoms with Gasteiger partial charge in [0.15, 0.2) is 6.23 Å². The molecule has 1 amide bonds. The van der Waals surface area contributed by atoms with Gasteiger partial charge in [-0.25, -0.2) is 4.79 Å². The van der Waals surface area contributed by atoms with Crippen molar-refractivity contribution in [2.75, 3.05) is 11.9 Å². The van der Waals surface area contributed by atoms with Crippen LogP contribution < -0.4 is 11.0 Å². The number of hydrogen-bond donors (Lipinski definition) is 2. The van der Waals surface area contributed by atoms with Crippen molar-refractivity contribution in [1.82, 2.24) is 9.55 Å². The van der Waals surface area contributed by atoms with Crippen LogP contribution >= 0.6 is 0 Å². The van der Waals surface area contributed by atoms with E-state index < -0.39 is 18.0 Å². The molecule has 2 atom stereocenters. The molecule has 7 nitrogen and oxygen atoms in total. The minimum absolute atomic E-state index is 0.141. The van der Waals surface area contributed by atoms with E-state index in [0.717, 1.165) is 0 Å². The first kappa shape index (κ1) is 14.4. The molecule has 1 aliphatic rings. The van der Waals surface area contributed by atoms with E-state index in [1.54, 1.807) is 26.0 Å². The average molecular weight is 279 g/mol.